The number of hydrogen-bond donors (Lipinski definition) is 1. The van der Waals surface area contributed by atoms with E-state index in [1.54, 1.807) is 42.0 Å². The molecule has 31 heavy (non-hydrogen) atoms. The van der Waals surface area contributed by atoms with Crippen molar-refractivity contribution in [3.05, 3.63) is 76.8 Å². The predicted octanol–water partition coefficient (Wildman–Crippen LogP) is 3.51. The highest BCUT2D eigenvalue weighted by Gasteiger charge is 2.34. The Kier molecular flexibility index (Phi) is 6.61. The van der Waals surface area contributed by atoms with Crippen molar-refractivity contribution in [1.82, 2.24) is 24.8 Å². The lowest BCUT2D eigenvalue weighted by atomic mass is 10.0. The number of rotatable bonds is 7. The Morgan fingerprint density at radius 1 is 1.19 bits per heavy atom. The minimum Gasteiger partial charge on any atom is -0.351 e. The van der Waals surface area contributed by atoms with E-state index in [-0.39, 0.29) is 30.0 Å². The molecule has 1 atom stereocenters. The summed E-state index contributed by atoms with van der Waals surface area (Å²) in [5, 5.41) is 8.55. The van der Waals surface area contributed by atoms with Gasteiger partial charge in [-0.15, -0.1) is 5.10 Å². The highest BCUT2D eigenvalue weighted by Crippen LogP contribution is 2.27. The van der Waals surface area contributed by atoms with Crippen LogP contribution in [0.4, 0.5) is 4.39 Å². The zero-order valence-electron chi connectivity index (χ0n) is 16.8. The van der Waals surface area contributed by atoms with Gasteiger partial charge in [-0.25, -0.2) is 4.39 Å². The van der Waals surface area contributed by atoms with Gasteiger partial charge in [-0.2, -0.15) is 0 Å². The van der Waals surface area contributed by atoms with Gasteiger partial charge in [-0.3, -0.25) is 14.6 Å². The van der Waals surface area contributed by atoms with E-state index in [0.29, 0.717) is 11.1 Å². The molecule has 2 heterocycles. The average Bonchev–Trinajstić information content (AvgIpc) is 3.49. The molecule has 0 bridgehead atoms. The van der Waals surface area contributed by atoms with E-state index >= 15 is 0 Å². The van der Waals surface area contributed by atoms with Gasteiger partial charge in [-0.05, 0) is 48.1 Å². The summed E-state index contributed by atoms with van der Waals surface area (Å²) in [6.07, 6.45) is 7.20. The lowest BCUT2D eigenvalue weighted by molar-refractivity contribution is -0.126. The van der Waals surface area contributed by atoms with Gasteiger partial charge in [-0.1, -0.05) is 35.5 Å². The molecule has 0 radical (unpaired) electrons. The molecule has 1 aromatic carbocycles. The maximum absolute atomic E-state index is 13.4. The predicted molar refractivity (Wildman–Crippen MR) is 114 cm³/mol. The molecule has 7 nitrogen and oxygen atoms in total. The Morgan fingerprint density at radius 3 is 2.61 bits per heavy atom. The second kappa shape index (κ2) is 9.74. The standard InChI is InChI=1S/C22H22FN5O2S/c23-17-9-7-15(8-10-17)13-28(22(30)19-14-31-27-26-19)20(16-4-3-11-24-12-16)21(29)25-18-5-1-2-6-18/h3-4,7-12,14,18,20H,1-2,5-6,13H2,(H,25,29)/t20-/m1/s1. The number of carbonyl (C=O) groups is 2. The van der Waals surface area contributed by atoms with Crippen molar-refractivity contribution in [3.8, 4) is 0 Å². The van der Waals surface area contributed by atoms with E-state index in [4.69, 9.17) is 0 Å². The lowest BCUT2D eigenvalue weighted by Crippen LogP contribution is -2.46. The SMILES string of the molecule is O=C(NC1CCCC1)[C@@H](c1cccnc1)N(Cc1ccc(F)cc1)C(=O)c1csnn1. The highest BCUT2D eigenvalue weighted by atomic mass is 32.1. The molecular formula is C22H22FN5O2S. The van der Waals surface area contributed by atoms with E-state index in [1.807, 2.05) is 0 Å². The number of carbonyl (C=O) groups excluding carboxylic acids is 2. The van der Waals surface area contributed by atoms with Crippen LogP contribution < -0.4 is 5.32 Å². The molecule has 1 saturated carbocycles. The molecule has 3 aromatic rings. The van der Waals surface area contributed by atoms with Crippen molar-refractivity contribution in [2.24, 2.45) is 0 Å². The normalized spacial score (nSPS) is 14.9. The molecule has 0 aliphatic heterocycles. The fraction of sp³-hybridized carbons (Fsp3) is 0.318. The Hall–Kier alpha value is -3.20. The van der Waals surface area contributed by atoms with Crippen LogP contribution in [0.2, 0.25) is 0 Å². The smallest absolute Gasteiger partial charge is 0.276 e. The topological polar surface area (TPSA) is 88.1 Å². The number of nitrogens with zero attached hydrogens (tertiary/aromatic N) is 4. The van der Waals surface area contributed by atoms with Gasteiger partial charge in [0.1, 0.15) is 11.9 Å². The first-order valence-corrected chi connectivity index (χ1v) is 11.0. The molecular weight excluding hydrogens is 417 g/mol. The molecule has 2 aromatic heterocycles. The third-order valence-electron chi connectivity index (χ3n) is 5.37. The summed E-state index contributed by atoms with van der Waals surface area (Å²) in [5.41, 5.74) is 1.45. The van der Waals surface area contributed by atoms with Gasteiger partial charge in [0.25, 0.3) is 5.91 Å². The Labute approximate surface area is 183 Å². The molecule has 0 spiro atoms. The second-order valence-corrected chi connectivity index (χ2v) is 8.14. The van der Waals surface area contributed by atoms with Crippen molar-refractivity contribution in [2.75, 3.05) is 0 Å². The van der Waals surface area contributed by atoms with Crippen LogP contribution in [0.5, 0.6) is 0 Å². The first kappa shape index (κ1) is 21.0. The van der Waals surface area contributed by atoms with E-state index in [2.05, 4.69) is 19.9 Å². The third kappa shape index (κ3) is 5.11. The monoisotopic (exact) mass is 439 g/mol. The third-order valence-corrected chi connectivity index (χ3v) is 5.87. The molecule has 0 saturated heterocycles. The molecule has 1 aliphatic rings. The van der Waals surface area contributed by atoms with E-state index in [0.717, 1.165) is 37.2 Å². The molecule has 1 N–H and O–H groups in total. The highest BCUT2D eigenvalue weighted by molar-refractivity contribution is 7.03. The van der Waals surface area contributed by atoms with E-state index in [9.17, 15) is 14.0 Å². The minimum absolute atomic E-state index is 0.0929. The van der Waals surface area contributed by atoms with Gasteiger partial charge in [0.2, 0.25) is 5.91 Å². The van der Waals surface area contributed by atoms with E-state index < -0.39 is 11.9 Å². The fourth-order valence-corrected chi connectivity index (χ4v) is 4.26. The zero-order chi connectivity index (χ0) is 21.6. The van der Waals surface area contributed by atoms with Crippen LogP contribution in [0.25, 0.3) is 0 Å². The molecule has 2 amide bonds. The molecule has 160 valence electrons. The van der Waals surface area contributed by atoms with Crippen LogP contribution in [0.15, 0.2) is 54.2 Å². The van der Waals surface area contributed by atoms with Crippen LogP contribution in [-0.2, 0) is 11.3 Å². The Morgan fingerprint density at radius 2 is 1.97 bits per heavy atom. The first-order valence-electron chi connectivity index (χ1n) is 10.1. The van der Waals surface area contributed by atoms with Crippen molar-refractivity contribution >= 4 is 23.3 Å². The maximum atomic E-state index is 13.4. The van der Waals surface area contributed by atoms with Crippen molar-refractivity contribution in [2.45, 2.75) is 44.3 Å². The lowest BCUT2D eigenvalue weighted by Gasteiger charge is -2.31. The maximum Gasteiger partial charge on any atom is 0.276 e. The number of benzene rings is 1. The molecule has 1 aliphatic carbocycles. The van der Waals surface area contributed by atoms with Crippen molar-refractivity contribution in [3.63, 3.8) is 0 Å². The summed E-state index contributed by atoms with van der Waals surface area (Å²) in [7, 11) is 0. The summed E-state index contributed by atoms with van der Waals surface area (Å²) < 4.78 is 17.2. The summed E-state index contributed by atoms with van der Waals surface area (Å²) >= 11 is 1.06. The number of pyridine rings is 1. The van der Waals surface area contributed by atoms with Crippen LogP contribution in [-0.4, -0.2) is 37.3 Å². The largest absolute Gasteiger partial charge is 0.351 e. The van der Waals surface area contributed by atoms with Gasteiger partial charge in [0.05, 0.1) is 0 Å². The Balaban J connectivity index is 1.71. The van der Waals surface area contributed by atoms with E-state index in [1.165, 1.54) is 17.0 Å². The van der Waals surface area contributed by atoms with Gasteiger partial charge >= 0.3 is 0 Å². The van der Waals surface area contributed by atoms with Crippen molar-refractivity contribution in [1.29, 1.82) is 0 Å². The van der Waals surface area contributed by atoms with Gasteiger partial charge < -0.3 is 10.2 Å². The Bertz CT molecular complexity index is 1010. The molecule has 4 rings (SSSR count). The molecule has 1 fully saturated rings. The second-order valence-electron chi connectivity index (χ2n) is 7.53. The molecule has 9 heteroatoms. The summed E-state index contributed by atoms with van der Waals surface area (Å²) in [5.74, 6) is -1.06. The summed E-state index contributed by atoms with van der Waals surface area (Å²) in [6, 6.07) is 8.56. The van der Waals surface area contributed by atoms with Gasteiger partial charge in [0, 0.05) is 35.9 Å². The van der Waals surface area contributed by atoms with Gasteiger partial charge in [0.15, 0.2) is 5.69 Å². The first-order chi connectivity index (χ1) is 15.1. The fourth-order valence-electron chi connectivity index (χ4n) is 3.83. The number of aromatic nitrogens is 3. The number of hydrogen-bond acceptors (Lipinski definition) is 6. The number of nitrogens with one attached hydrogen (secondary N) is 1. The zero-order valence-corrected chi connectivity index (χ0v) is 17.6. The van der Waals surface area contributed by atoms with Crippen LogP contribution >= 0.6 is 11.5 Å². The summed E-state index contributed by atoms with van der Waals surface area (Å²) in [4.78, 5) is 32.4. The molecule has 0 unspecified atom stereocenters. The number of halogens is 1. The minimum atomic E-state index is -0.909. The van der Waals surface area contributed by atoms with Crippen LogP contribution in [0.1, 0.15) is 53.3 Å². The van der Waals surface area contributed by atoms with Crippen LogP contribution in [0.3, 0.4) is 0 Å². The van der Waals surface area contributed by atoms with Crippen molar-refractivity contribution < 1.29 is 14.0 Å². The average molecular weight is 440 g/mol. The quantitative estimate of drug-likeness (QED) is 0.609. The summed E-state index contributed by atoms with van der Waals surface area (Å²) in [6.45, 7) is 0.105. The number of amides is 2. The van der Waals surface area contributed by atoms with Crippen LogP contribution in [0, 0.1) is 5.82 Å².